The minimum Gasteiger partial charge on any atom is -0.497 e. The van der Waals surface area contributed by atoms with Gasteiger partial charge in [0.25, 0.3) is 0 Å². The van der Waals surface area contributed by atoms with Crippen LogP contribution >= 0.6 is 23.2 Å². The van der Waals surface area contributed by atoms with E-state index in [1.165, 1.54) is 25.3 Å². The predicted octanol–water partition coefficient (Wildman–Crippen LogP) is 3.41. The highest BCUT2D eigenvalue weighted by atomic mass is 35.5. The zero-order valence-corrected chi connectivity index (χ0v) is 15.8. The first-order chi connectivity index (χ1) is 11.7. The Hall–Kier alpha value is -1.96. The third-order valence-electron chi connectivity index (χ3n) is 3.20. The number of hydrogen-bond donors (Lipinski definition) is 1. The first-order valence-corrected chi connectivity index (χ1v) is 9.67. The van der Waals surface area contributed by atoms with Crippen molar-refractivity contribution in [2.45, 2.75) is 0 Å². The van der Waals surface area contributed by atoms with Crippen molar-refractivity contribution in [3.63, 3.8) is 0 Å². The maximum atomic E-state index is 12.3. The van der Waals surface area contributed by atoms with Crippen LogP contribution in [0.3, 0.4) is 0 Å². The molecule has 25 heavy (non-hydrogen) atoms. The van der Waals surface area contributed by atoms with E-state index in [1.54, 1.807) is 24.3 Å². The molecule has 134 valence electrons. The molecular weight excluding hydrogens is 387 g/mol. The number of nitrogens with one attached hydrogen (secondary N) is 1. The van der Waals surface area contributed by atoms with Crippen molar-refractivity contribution >= 4 is 50.5 Å². The molecule has 0 aliphatic rings. The van der Waals surface area contributed by atoms with E-state index in [9.17, 15) is 13.2 Å². The summed E-state index contributed by atoms with van der Waals surface area (Å²) in [6.45, 7) is -0.415. The van der Waals surface area contributed by atoms with Crippen molar-refractivity contribution in [3.05, 3.63) is 52.5 Å². The Balaban J connectivity index is 2.20. The van der Waals surface area contributed by atoms with Crippen molar-refractivity contribution in [1.29, 1.82) is 0 Å². The molecule has 0 unspecified atom stereocenters. The smallest absolute Gasteiger partial charge is 0.245 e. The number of methoxy groups -OCH3 is 1. The van der Waals surface area contributed by atoms with Gasteiger partial charge in [0.1, 0.15) is 12.3 Å². The van der Waals surface area contributed by atoms with Gasteiger partial charge < -0.3 is 10.1 Å². The molecule has 2 aromatic rings. The monoisotopic (exact) mass is 402 g/mol. The third-order valence-corrected chi connectivity index (χ3v) is 4.77. The van der Waals surface area contributed by atoms with Gasteiger partial charge in [-0.3, -0.25) is 9.10 Å². The lowest BCUT2D eigenvalue weighted by molar-refractivity contribution is -0.114. The number of nitrogens with zero attached hydrogens (tertiary/aromatic N) is 1. The Morgan fingerprint density at radius 2 is 1.68 bits per heavy atom. The van der Waals surface area contributed by atoms with E-state index < -0.39 is 22.5 Å². The number of amides is 1. The van der Waals surface area contributed by atoms with E-state index in [0.717, 1.165) is 10.6 Å². The Morgan fingerprint density at radius 3 is 2.16 bits per heavy atom. The molecule has 0 radical (unpaired) electrons. The van der Waals surface area contributed by atoms with Gasteiger partial charge in [-0.15, -0.1) is 0 Å². The van der Waals surface area contributed by atoms with Crippen LogP contribution in [0, 0.1) is 0 Å². The van der Waals surface area contributed by atoms with Crippen LogP contribution in [0.25, 0.3) is 0 Å². The third kappa shape index (κ3) is 5.52. The zero-order chi connectivity index (χ0) is 18.6. The number of hydrogen-bond acceptors (Lipinski definition) is 4. The molecule has 2 rings (SSSR count). The van der Waals surface area contributed by atoms with Gasteiger partial charge in [0, 0.05) is 15.7 Å². The number of benzene rings is 2. The standard InChI is InChI=1S/C16H16Cl2N2O4S/c1-24-15-5-3-13(4-6-15)19-16(21)10-20(25(2,22)23)14-8-11(17)7-12(18)9-14/h3-9H,10H2,1-2H3,(H,19,21). The van der Waals surface area contributed by atoms with Crippen molar-refractivity contribution in [2.24, 2.45) is 0 Å². The molecule has 2 aromatic carbocycles. The highest BCUT2D eigenvalue weighted by Crippen LogP contribution is 2.27. The van der Waals surface area contributed by atoms with Crippen LogP contribution in [0.5, 0.6) is 5.75 Å². The Kier molecular flexibility index (Phi) is 6.16. The van der Waals surface area contributed by atoms with Crippen molar-refractivity contribution in [1.82, 2.24) is 0 Å². The molecule has 9 heteroatoms. The van der Waals surface area contributed by atoms with Gasteiger partial charge >= 0.3 is 0 Å². The van der Waals surface area contributed by atoms with Gasteiger partial charge in [-0.05, 0) is 42.5 Å². The predicted molar refractivity (Wildman–Crippen MR) is 100 cm³/mol. The van der Waals surface area contributed by atoms with Crippen LogP contribution in [0.4, 0.5) is 11.4 Å². The maximum absolute atomic E-state index is 12.3. The molecule has 0 saturated carbocycles. The fourth-order valence-corrected chi connectivity index (χ4v) is 3.44. The highest BCUT2D eigenvalue weighted by Gasteiger charge is 2.21. The van der Waals surface area contributed by atoms with E-state index in [-0.39, 0.29) is 15.7 Å². The molecule has 0 atom stereocenters. The molecule has 0 fully saturated rings. The van der Waals surface area contributed by atoms with Gasteiger partial charge in [-0.25, -0.2) is 8.42 Å². The van der Waals surface area contributed by atoms with Crippen LogP contribution < -0.4 is 14.4 Å². The van der Waals surface area contributed by atoms with Gasteiger partial charge in [0.2, 0.25) is 15.9 Å². The zero-order valence-electron chi connectivity index (χ0n) is 13.5. The van der Waals surface area contributed by atoms with E-state index in [4.69, 9.17) is 27.9 Å². The quantitative estimate of drug-likeness (QED) is 0.802. The normalized spacial score (nSPS) is 11.0. The average molecular weight is 403 g/mol. The Bertz CT molecular complexity index is 850. The number of anilines is 2. The fourth-order valence-electron chi connectivity index (χ4n) is 2.09. The van der Waals surface area contributed by atoms with Gasteiger partial charge in [0.05, 0.1) is 19.1 Å². The molecule has 0 aromatic heterocycles. The summed E-state index contributed by atoms with van der Waals surface area (Å²) in [5, 5.41) is 3.17. The molecule has 0 spiro atoms. The molecule has 6 nitrogen and oxygen atoms in total. The molecule has 0 aliphatic heterocycles. The molecule has 0 saturated heterocycles. The second-order valence-corrected chi connectivity index (χ2v) is 7.95. The molecule has 0 bridgehead atoms. The highest BCUT2D eigenvalue weighted by molar-refractivity contribution is 7.92. The van der Waals surface area contributed by atoms with Crippen LogP contribution in [0.15, 0.2) is 42.5 Å². The summed E-state index contributed by atoms with van der Waals surface area (Å²) in [6.07, 6.45) is 1.00. The Labute approximate surface area is 156 Å². The first-order valence-electron chi connectivity index (χ1n) is 7.07. The number of rotatable bonds is 6. The summed E-state index contributed by atoms with van der Waals surface area (Å²) in [5.41, 5.74) is 0.730. The SMILES string of the molecule is COc1ccc(NC(=O)CN(c2cc(Cl)cc(Cl)c2)S(C)(=O)=O)cc1. The lowest BCUT2D eigenvalue weighted by Crippen LogP contribution is -2.37. The second kappa shape index (κ2) is 7.95. The lowest BCUT2D eigenvalue weighted by atomic mass is 10.3. The van der Waals surface area contributed by atoms with Crippen LogP contribution in [-0.2, 0) is 14.8 Å². The van der Waals surface area contributed by atoms with Gasteiger partial charge in [-0.1, -0.05) is 23.2 Å². The summed E-state index contributed by atoms with van der Waals surface area (Å²) in [6, 6.07) is 11.0. The van der Waals surface area contributed by atoms with Crippen molar-refractivity contribution in [2.75, 3.05) is 29.5 Å². The molecule has 1 N–H and O–H groups in total. The number of ether oxygens (including phenoxy) is 1. The van der Waals surface area contributed by atoms with Crippen LogP contribution in [0.1, 0.15) is 0 Å². The minimum atomic E-state index is -3.71. The molecule has 0 heterocycles. The topological polar surface area (TPSA) is 75.7 Å². The number of halogens is 2. The molecular formula is C16H16Cl2N2O4S. The average Bonchev–Trinajstić information content (AvgIpc) is 2.51. The summed E-state index contributed by atoms with van der Waals surface area (Å²) >= 11 is 11.8. The van der Waals surface area contributed by atoms with E-state index in [1.807, 2.05) is 0 Å². The lowest BCUT2D eigenvalue weighted by Gasteiger charge is -2.22. The fraction of sp³-hybridized carbons (Fsp3) is 0.188. The van der Waals surface area contributed by atoms with Gasteiger partial charge in [-0.2, -0.15) is 0 Å². The number of carbonyl (C=O) groups is 1. The minimum absolute atomic E-state index is 0.213. The molecule has 0 aliphatic carbocycles. The summed E-state index contributed by atoms with van der Waals surface area (Å²) in [7, 11) is -2.18. The van der Waals surface area contributed by atoms with E-state index >= 15 is 0 Å². The number of carbonyl (C=O) groups excluding carboxylic acids is 1. The second-order valence-electron chi connectivity index (χ2n) is 5.17. The summed E-state index contributed by atoms with van der Waals surface area (Å²) in [5.74, 6) is 0.135. The van der Waals surface area contributed by atoms with E-state index in [2.05, 4.69) is 5.32 Å². The van der Waals surface area contributed by atoms with E-state index in [0.29, 0.717) is 11.4 Å². The van der Waals surface area contributed by atoms with Crippen molar-refractivity contribution in [3.8, 4) is 5.75 Å². The summed E-state index contributed by atoms with van der Waals surface area (Å²) in [4.78, 5) is 12.3. The van der Waals surface area contributed by atoms with Gasteiger partial charge in [0.15, 0.2) is 0 Å². The number of sulfonamides is 1. The largest absolute Gasteiger partial charge is 0.497 e. The maximum Gasteiger partial charge on any atom is 0.245 e. The van der Waals surface area contributed by atoms with Crippen LogP contribution in [-0.4, -0.2) is 34.2 Å². The van der Waals surface area contributed by atoms with Crippen molar-refractivity contribution < 1.29 is 17.9 Å². The Morgan fingerprint density at radius 1 is 1.12 bits per heavy atom. The summed E-state index contributed by atoms with van der Waals surface area (Å²) < 4.78 is 30.1. The first kappa shape index (κ1) is 19.4. The molecule has 1 amide bonds. The van der Waals surface area contributed by atoms with Crippen LogP contribution in [0.2, 0.25) is 10.0 Å².